The third-order valence-corrected chi connectivity index (χ3v) is 10.3. The molecular formula is C34H44ClF3N6O4. The number of hydrogen-bond donors (Lipinski definition) is 2. The van der Waals surface area contributed by atoms with Gasteiger partial charge in [-0.15, -0.1) is 0 Å². The summed E-state index contributed by atoms with van der Waals surface area (Å²) in [7, 11) is 0. The molecule has 1 atom stereocenters. The van der Waals surface area contributed by atoms with Gasteiger partial charge in [0.15, 0.2) is 6.10 Å². The second-order valence-corrected chi connectivity index (χ2v) is 13.4. The fourth-order valence-corrected chi connectivity index (χ4v) is 7.60. The summed E-state index contributed by atoms with van der Waals surface area (Å²) in [6, 6.07) is 11.3. The van der Waals surface area contributed by atoms with Crippen molar-refractivity contribution in [2.45, 2.75) is 62.9 Å². The Hall–Kier alpha value is -3.55. The lowest BCUT2D eigenvalue weighted by atomic mass is 10.0. The number of benzene rings is 2. The first-order chi connectivity index (χ1) is 23.1. The van der Waals surface area contributed by atoms with Crippen LogP contribution in [0.3, 0.4) is 0 Å². The minimum absolute atomic E-state index is 0. The Morgan fingerprint density at radius 1 is 0.917 bits per heavy atom. The van der Waals surface area contributed by atoms with E-state index in [0.717, 1.165) is 49.7 Å². The van der Waals surface area contributed by atoms with Crippen LogP contribution >= 0.6 is 11.6 Å². The number of nitrogens with one attached hydrogen (secondary N) is 2. The fraction of sp³-hybridized carbons (Fsp3) is 0.559. The Kier molecular flexibility index (Phi) is 10.7. The lowest BCUT2D eigenvalue weighted by Crippen LogP contribution is -2.56. The summed E-state index contributed by atoms with van der Waals surface area (Å²) in [5.74, 6) is -0.375. The van der Waals surface area contributed by atoms with Gasteiger partial charge in [0.2, 0.25) is 0 Å². The quantitative estimate of drug-likeness (QED) is 0.438. The van der Waals surface area contributed by atoms with E-state index in [-0.39, 0.29) is 25.8 Å². The highest BCUT2D eigenvalue weighted by Gasteiger charge is 2.37. The maximum atomic E-state index is 13.9. The number of halogens is 4. The summed E-state index contributed by atoms with van der Waals surface area (Å²) in [5.41, 5.74) is 1.28. The van der Waals surface area contributed by atoms with Crippen LogP contribution < -0.4 is 10.6 Å². The second kappa shape index (κ2) is 14.9. The Morgan fingerprint density at radius 3 is 2.31 bits per heavy atom. The molecule has 0 aromatic heterocycles. The Morgan fingerprint density at radius 2 is 1.62 bits per heavy atom. The van der Waals surface area contributed by atoms with Gasteiger partial charge in [-0.1, -0.05) is 35.9 Å². The summed E-state index contributed by atoms with van der Waals surface area (Å²) in [6.07, 6.45) is -2.70. The van der Waals surface area contributed by atoms with E-state index in [1.807, 2.05) is 29.2 Å². The number of alkyl halides is 3. The van der Waals surface area contributed by atoms with Crippen LogP contribution in [-0.4, -0.2) is 115 Å². The van der Waals surface area contributed by atoms with Gasteiger partial charge >= 0.3 is 18.3 Å². The van der Waals surface area contributed by atoms with Gasteiger partial charge in [-0.25, -0.2) is 9.59 Å². The predicted molar refractivity (Wildman–Crippen MR) is 177 cm³/mol. The molecule has 3 fully saturated rings. The van der Waals surface area contributed by atoms with Gasteiger partial charge in [0, 0.05) is 71.4 Å². The number of ether oxygens (including phenoxy) is 1. The number of anilines is 1. The summed E-state index contributed by atoms with van der Waals surface area (Å²) < 4.78 is 45.9. The van der Waals surface area contributed by atoms with Crippen molar-refractivity contribution >= 4 is 35.3 Å². The number of nitrogens with zero attached hydrogens (tertiary/aromatic N) is 4. The highest BCUT2D eigenvalue weighted by molar-refractivity contribution is 6.31. The van der Waals surface area contributed by atoms with Crippen molar-refractivity contribution in [2.75, 3.05) is 64.2 Å². The molecule has 0 aliphatic carbocycles. The number of carbonyl (C=O) groups excluding carboxylic acids is 3. The largest absolute Gasteiger partial charge is 0.436 e. The number of piperazine rings is 1. The smallest absolute Gasteiger partial charge is 0.417 e. The molecule has 0 unspecified atom stereocenters. The van der Waals surface area contributed by atoms with Gasteiger partial charge in [0.05, 0.1) is 10.6 Å². The van der Waals surface area contributed by atoms with Gasteiger partial charge < -0.3 is 30.1 Å². The van der Waals surface area contributed by atoms with Crippen molar-refractivity contribution in [3.63, 3.8) is 0 Å². The summed E-state index contributed by atoms with van der Waals surface area (Å²) in [4.78, 5) is 47.9. The van der Waals surface area contributed by atoms with Crippen LogP contribution in [0, 0.1) is 0 Å². The van der Waals surface area contributed by atoms with Crippen LogP contribution in [-0.2, 0) is 28.5 Å². The minimum Gasteiger partial charge on any atom is -0.436 e. The Labute approximate surface area is 285 Å². The van der Waals surface area contributed by atoms with Crippen LogP contribution in [0.25, 0.3) is 0 Å². The molecule has 262 valence electrons. The third kappa shape index (κ3) is 8.01. The molecule has 3 saturated heterocycles. The molecule has 10 nitrogen and oxygen atoms in total. The van der Waals surface area contributed by atoms with Crippen molar-refractivity contribution in [1.82, 2.24) is 24.9 Å². The highest BCUT2D eigenvalue weighted by Crippen LogP contribution is 2.35. The molecule has 6 rings (SSSR count). The number of urea groups is 1. The number of fused-ring (bicyclic) bond motifs is 1. The molecule has 4 aliphatic rings. The number of likely N-dealkylation sites (tertiary alicyclic amines) is 1. The van der Waals surface area contributed by atoms with Gasteiger partial charge in [-0.05, 0) is 74.5 Å². The van der Waals surface area contributed by atoms with Crippen LogP contribution in [0.2, 0.25) is 5.02 Å². The molecule has 2 N–H and O–H groups in total. The van der Waals surface area contributed by atoms with Crippen molar-refractivity contribution in [3.05, 3.63) is 64.2 Å². The molecule has 0 bridgehead atoms. The van der Waals surface area contributed by atoms with Gasteiger partial charge in [0.25, 0.3) is 5.91 Å². The molecule has 4 amide bonds. The monoisotopic (exact) mass is 692 g/mol. The van der Waals surface area contributed by atoms with E-state index in [0.29, 0.717) is 70.3 Å². The maximum absolute atomic E-state index is 13.9. The van der Waals surface area contributed by atoms with E-state index in [2.05, 4.69) is 15.5 Å². The van der Waals surface area contributed by atoms with Crippen molar-refractivity contribution in [2.24, 2.45) is 0 Å². The number of hydrogen-bond acceptors (Lipinski definition) is 6. The zero-order valence-corrected chi connectivity index (χ0v) is 27.6. The molecule has 2 aromatic rings. The first kappa shape index (κ1) is 34.3. The standard InChI is InChI=1S/C34H42ClF3N6O4.H2/c35-28-21-23(5-6-27(28)34(36,37)38)22-30(31(45)42-19-17-41(18-20-42)25-7-12-39-13-8-25)48-33(47)43-14-10-26(11-15-43)44-16-9-24-3-1-2-4-29(24)40-32(44)46;/h1-6,21,25-26,30,39H,7-20,22H2,(H,40,46);1H/t30-;/m1./s1. The highest BCUT2D eigenvalue weighted by atomic mass is 35.5. The summed E-state index contributed by atoms with van der Waals surface area (Å²) in [6.45, 7) is 5.51. The van der Waals surface area contributed by atoms with Crippen LogP contribution in [0.15, 0.2) is 42.5 Å². The molecule has 0 saturated carbocycles. The van der Waals surface area contributed by atoms with Crippen LogP contribution in [0.1, 0.15) is 43.8 Å². The van der Waals surface area contributed by atoms with Crippen LogP contribution in [0.4, 0.5) is 28.4 Å². The molecular weight excluding hydrogens is 649 g/mol. The number of carbonyl (C=O) groups is 3. The topological polar surface area (TPSA) is 97.5 Å². The SMILES string of the molecule is O=C(O[C@H](Cc1ccc(C(F)(F)F)c(Cl)c1)C(=O)N1CCN(C2CCNCC2)CC1)N1CCC(N2CCc3ccccc3NC2=O)CC1.[HH]. The summed E-state index contributed by atoms with van der Waals surface area (Å²) >= 11 is 5.99. The number of amides is 4. The maximum Gasteiger partial charge on any atom is 0.417 e. The lowest BCUT2D eigenvalue weighted by molar-refractivity contribution is -0.143. The summed E-state index contributed by atoms with van der Waals surface area (Å²) in [5, 5.41) is 5.89. The number of rotatable bonds is 6. The van der Waals surface area contributed by atoms with Crippen molar-refractivity contribution in [1.29, 1.82) is 0 Å². The average molecular weight is 693 g/mol. The zero-order chi connectivity index (χ0) is 33.8. The third-order valence-electron chi connectivity index (χ3n) is 10.0. The predicted octanol–water partition coefficient (Wildman–Crippen LogP) is 5.10. The van der Waals surface area contributed by atoms with Crippen molar-refractivity contribution in [3.8, 4) is 0 Å². The van der Waals surface area contributed by atoms with Gasteiger partial charge in [-0.3, -0.25) is 9.69 Å². The van der Waals surface area contributed by atoms with Crippen LogP contribution in [0.5, 0.6) is 0 Å². The van der Waals surface area contributed by atoms with E-state index in [9.17, 15) is 27.6 Å². The average Bonchev–Trinajstić information content (AvgIpc) is 3.25. The van der Waals surface area contributed by atoms with E-state index >= 15 is 0 Å². The van der Waals surface area contributed by atoms with E-state index in [4.69, 9.17) is 16.3 Å². The normalized spacial score (nSPS) is 20.9. The molecule has 2 aromatic carbocycles. The fourth-order valence-electron chi connectivity index (χ4n) is 7.29. The van der Waals surface area contributed by atoms with E-state index in [1.165, 1.54) is 17.0 Å². The lowest BCUT2D eigenvalue weighted by Gasteiger charge is -2.41. The number of piperidine rings is 2. The molecule has 0 radical (unpaired) electrons. The zero-order valence-electron chi connectivity index (χ0n) is 26.8. The van der Waals surface area contributed by atoms with Gasteiger partial charge in [0.1, 0.15) is 0 Å². The second-order valence-electron chi connectivity index (χ2n) is 13.0. The molecule has 4 heterocycles. The van der Waals surface area contributed by atoms with Gasteiger partial charge in [-0.2, -0.15) is 13.2 Å². The molecule has 4 aliphatic heterocycles. The Balaban J connectivity index is 0.00000468. The molecule has 48 heavy (non-hydrogen) atoms. The minimum atomic E-state index is -4.62. The van der Waals surface area contributed by atoms with E-state index in [1.54, 1.807) is 4.90 Å². The first-order valence-corrected chi connectivity index (χ1v) is 17.1. The van der Waals surface area contributed by atoms with E-state index < -0.39 is 29.0 Å². The van der Waals surface area contributed by atoms with Crippen molar-refractivity contribution < 1.29 is 33.7 Å². The first-order valence-electron chi connectivity index (χ1n) is 16.8. The Bertz CT molecular complexity index is 1480. The number of para-hydroxylation sites is 1. The molecule has 0 spiro atoms. The molecule has 14 heteroatoms.